The number of benzene rings is 2. The summed E-state index contributed by atoms with van der Waals surface area (Å²) in [6.07, 6.45) is 0. The Kier molecular flexibility index (Phi) is 4.10. The van der Waals surface area contributed by atoms with E-state index in [1.165, 1.54) is 12.1 Å². The van der Waals surface area contributed by atoms with Gasteiger partial charge in [-0.2, -0.15) is 0 Å². The molecule has 2 aromatic carbocycles. The Morgan fingerprint density at radius 2 is 1.60 bits per heavy atom. The van der Waals surface area contributed by atoms with Crippen molar-refractivity contribution < 1.29 is 19.1 Å². The number of carbonyl (C=O) groups excluding carboxylic acids is 1. The van der Waals surface area contributed by atoms with Gasteiger partial charge in [0.05, 0.1) is 0 Å². The van der Waals surface area contributed by atoms with Crippen LogP contribution in [0.3, 0.4) is 0 Å². The molecule has 5 heteroatoms. The highest BCUT2D eigenvalue weighted by Crippen LogP contribution is 2.14. The molecule has 2 N–H and O–H groups in total. The summed E-state index contributed by atoms with van der Waals surface area (Å²) in [6, 6.07) is 12.1. The summed E-state index contributed by atoms with van der Waals surface area (Å²) >= 11 is 0. The Labute approximate surface area is 114 Å². The first-order valence-corrected chi connectivity index (χ1v) is 5.92. The van der Waals surface area contributed by atoms with Gasteiger partial charge in [-0.1, -0.05) is 30.3 Å². The van der Waals surface area contributed by atoms with E-state index in [4.69, 9.17) is 0 Å². The molecular formula is C15H12FNO3. The van der Waals surface area contributed by atoms with Crippen molar-refractivity contribution in [1.82, 2.24) is 5.32 Å². The number of hydrogen-bond donors (Lipinski definition) is 2. The van der Waals surface area contributed by atoms with Gasteiger partial charge in [-0.25, -0.2) is 9.18 Å². The highest BCUT2D eigenvalue weighted by molar-refractivity contribution is 5.96. The Hall–Kier alpha value is -2.69. The number of nitrogens with one attached hydrogen (secondary N) is 1. The average Bonchev–Trinajstić information content (AvgIpc) is 2.46. The highest BCUT2D eigenvalue weighted by Gasteiger charge is 2.22. The predicted octanol–water partition coefficient (Wildman–Crippen LogP) is 2.38. The van der Waals surface area contributed by atoms with E-state index < -0.39 is 23.7 Å². The van der Waals surface area contributed by atoms with Crippen LogP contribution >= 0.6 is 0 Å². The van der Waals surface area contributed by atoms with Gasteiger partial charge in [0.15, 0.2) is 6.04 Å². The van der Waals surface area contributed by atoms with Crippen molar-refractivity contribution in [3.05, 3.63) is 71.5 Å². The Bertz CT molecular complexity index is 611. The Balaban J connectivity index is 2.19. The van der Waals surface area contributed by atoms with Crippen LogP contribution in [0.5, 0.6) is 0 Å². The molecule has 0 radical (unpaired) electrons. The van der Waals surface area contributed by atoms with Crippen molar-refractivity contribution in [2.45, 2.75) is 6.04 Å². The normalized spacial score (nSPS) is 11.7. The van der Waals surface area contributed by atoms with E-state index in [1.54, 1.807) is 30.3 Å². The molecule has 4 nitrogen and oxygen atoms in total. The Morgan fingerprint density at radius 1 is 1.00 bits per heavy atom. The minimum absolute atomic E-state index is 0.202. The average molecular weight is 273 g/mol. The Morgan fingerprint density at radius 3 is 2.15 bits per heavy atom. The highest BCUT2D eigenvalue weighted by atomic mass is 19.1. The number of carboxylic acids is 1. The molecular weight excluding hydrogens is 261 g/mol. The zero-order valence-electron chi connectivity index (χ0n) is 10.4. The quantitative estimate of drug-likeness (QED) is 0.898. The number of carbonyl (C=O) groups is 2. The molecule has 2 rings (SSSR count). The number of rotatable bonds is 4. The summed E-state index contributed by atoms with van der Waals surface area (Å²) in [4.78, 5) is 23.2. The van der Waals surface area contributed by atoms with E-state index in [0.717, 1.165) is 12.1 Å². The van der Waals surface area contributed by atoms with E-state index in [-0.39, 0.29) is 5.56 Å². The molecule has 0 aliphatic heterocycles. The molecule has 0 bridgehead atoms. The topological polar surface area (TPSA) is 66.4 Å². The molecule has 0 saturated carbocycles. The first-order chi connectivity index (χ1) is 9.58. The fourth-order valence-corrected chi connectivity index (χ4v) is 1.75. The van der Waals surface area contributed by atoms with Gasteiger partial charge in [-0.05, 0) is 29.8 Å². The van der Waals surface area contributed by atoms with Gasteiger partial charge in [0.2, 0.25) is 0 Å². The zero-order chi connectivity index (χ0) is 14.5. The van der Waals surface area contributed by atoms with Crippen LogP contribution in [0, 0.1) is 5.82 Å². The van der Waals surface area contributed by atoms with Crippen LogP contribution in [0.2, 0.25) is 0 Å². The first-order valence-electron chi connectivity index (χ1n) is 5.92. The number of aliphatic carboxylic acids is 1. The predicted molar refractivity (Wildman–Crippen MR) is 70.7 cm³/mol. The minimum atomic E-state index is -1.16. The van der Waals surface area contributed by atoms with Crippen molar-refractivity contribution in [2.24, 2.45) is 0 Å². The monoisotopic (exact) mass is 273 g/mol. The first kappa shape index (κ1) is 13.7. The van der Waals surface area contributed by atoms with E-state index in [9.17, 15) is 19.1 Å². The van der Waals surface area contributed by atoms with Crippen molar-refractivity contribution in [2.75, 3.05) is 0 Å². The number of amides is 1. The fourth-order valence-electron chi connectivity index (χ4n) is 1.75. The van der Waals surface area contributed by atoms with Crippen molar-refractivity contribution in [3.8, 4) is 0 Å². The SMILES string of the molecule is O=C(N[C@H](C(=O)O)c1ccccc1)c1ccc(F)cc1. The third-order valence-electron chi connectivity index (χ3n) is 2.76. The van der Waals surface area contributed by atoms with Crippen molar-refractivity contribution in [3.63, 3.8) is 0 Å². The maximum Gasteiger partial charge on any atom is 0.330 e. The molecule has 102 valence electrons. The summed E-state index contributed by atoms with van der Waals surface area (Å²) in [6.45, 7) is 0. The number of hydrogen-bond acceptors (Lipinski definition) is 2. The largest absolute Gasteiger partial charge is 0.479 e. The van der Waals surface area contributed by atoms with Gasteiger partial charge >= 0.3 is 5.97 Å². The summed E-state index contributed by atoms with van der Waals surface area (Å²) in [7, 11) is 0. The van der Waals surface area contributed by atoms with Crippen LogP contribution < -0.4 is 5.32 Å². The molecule has 0 aromatic heterocycles. The summed E-state index contributed by atoms with van der Waals surface area (Å²) < 4.78 is 12.8. The van der Waals surface area contributed by atoms with E-state index >= 15 is 0 Å². The molecule has 1 amide bonds. The van der Waals surface area contributed by atoms with Gasteiger partial charge in [0, 0.05) is 5.56 Å². The second-order valence-corrected chi connectivity index (χ2v) is 4.16. The molecule has 0 saturated heterocycles. The molecule has 0 aliphatic rings. The smallest absolute Gasteiger partial charge is 0.330 e. The van der Waals surface area contributed by atoms with Gasteiger partial charge in [-0.15, -0.1) is 0 Å². The lowest BCUT2D eigenvalue weighted by molar-refractivity contribution is -0.139. The van der Waals surface area contributed by atoms with Crippen LogP contribution in [-0.4, -0.2) is 17.0 Å². The standard InChI is InChI=1S/C15H12FNO3/c16-12-8-6-11(7-9-12)14(18)17-13(15(19)20)10-4-2-1-3-5-10/h1-9,13H,(H,17,18)(H,19,20)/t13-/m0/s1. The molecule has 0 fully saturated rings. The third-order valence-corrected chi connectivity index (χ3v) is 2.76. The minimum Gasteiger partial charge on any atom is -0.479 e. The molecule has 20 heavy (non-hydrogen) atoms. The van der Waals surface area contributed by atoms with Crippen LogP contribution in [-0.2, 0) is 4.79 Å². The lowest BCUT2D eigenvalue weighted by Crippen LogP contribution is -2.33. The van der Waals surface area contributed by atoms with E-state index in [2.05, 4.69) is 5.32 Å². The zero-order valence-corrected chi connectivity index (χ0v) is 10.4. The molecule has 1 atom stereocenters. The van der Waals surface area contributed by atoms with Crippen LogP contribution in [0.4, 0.5) is 4.39 Å². The summed E-state index contributed by atoms with van der Waals surface area (Å²) in [5.41, 5.74) is 0.670. The second-order valence-electron chi connectivity index (χ2n) is 4.16. The maximum atomic E-state index is 12.8. The van der Waals surface area contributed by atoms with E-state index in [1.807, 2.05) is 0 Å². The van der Waals surface area contributed by atoms with Gasteiger partial charge in [-0.3, -0.25) is 4.79 Å². The molecule has 0 unspecified atom stereocenters. The second kappa shape index (κ2) is 5.97. The van der Waals surface area contributed by atoms with Crippen molar-refractivity contribution >= 4 is 11.9 Å². The molecule has 2 aromatic rings. The van der Waals surface area contributed by atoms with E-state index in [0.29, 0.717) is 5.56 Å². The molecule has 0 spiro atoms. The molecule has 0 aliphatic carbocycles. The lowest BCUT2D eigenvalue weighted by Gasteiger charge is -2.14. The van der Waals surface area contributed by atoms with Crippen LogP contribution in [0.1, 0.15) is 22.0 Å². The summed E-state index contributed by atoms with van der Waals surface area (Å²) in [5, 5.41) is 11.6. The lowest BCUT2D eigenvalue weighted by atomic mass is 10.1. The molecule has 0 heterocycles. The van der Waals surface area contributed by atoms with Crippen molar-refractivity contribution in [1.29, 1.82) is 0 Å². The van der Waals surface area contributed by atoms with Gasteiger partial charge in [0.1, 0.15) is 5.82 Å². The van der Waals surface area contributed by atoms with Gasteiger partial charge < -0.3 is 10.4 Å². The number of halogens is 1. The third kappa shape index (κ3) is 3.20. The number of carboxylic acid groups (broad SMARTS) is 1. The van der Waals surface area contributed by atoms with Crippen LogP contribution in [0.15, 0.2) is 54.6 Å². The maximum absolute atomic E-state index is 12.8. The van der Waals surface area contributed by atoms with Crippen LogP contribution in [0.25, 0.3) is 0 Å². The fraction of sp³-hybridized carbons (Fsp3) is 0.0667. The summed E-state index contributed by atoms with van der Waals surface area (Å²) in [5.74, 6) is -2.19. The van der Waals surface area contributed by atoms with Gasteiger partial charge in [0.25, 0.3) is 5.91 Å².